The van der Waals surface area contributed by atoms with Crippen LogP contribution >= 0.6 is 39.0 Å². The highest BCUT2D eigenvalue weighted by Crippen LogP contribution is 2.39. The number of carbonyl (C=O) groups excluding carboxylic acids is 1. The van der Waals surface area contributed by atoms with Gasteiger partial charge in [-0.05, 0) is 34.1 Å². The fourth-order valence-corrected chi connectivity index (χ4v) is 3.98. The van der Waals surface area contributed by atoms with Crippen LogP contribution in [0, 0.1) is 0 Å². The van der Waals surface area contributed by atoms with E-state index in [1.807, 2.05) is 24.3 Å². The lowest BCUT2D eigenvalue weighted by Crippen LogP contribution is -1.67. The van der Waals surface area contributed by atoms with Gasteiger partial charge in [0.05, 0.1) is 9.09 Å². The Morgan fingerprint density at radius 3 is 2.60 bits per heavy atom. The number of benzene rings is 1. The molecule has 2 rings (SSSR count). The van der Waals surface area contributed by atoms with E-state index in [1.54, 1.807) is 11.8 Å². The largest absolute Gasteiger partial charge is 0.297 e. The number of hydrogen-bond donors (Lipinski definition) is 0. The molecule has 0 spiro atoms. The number of halogens is 1. The van der Waals surface area contributed by atoms with E-state index in [4.69, 9.17) is 0 Å². The molecule has 1 heterocycles. The summed E-state index contributed by atoms with van der Waals surface area (Å²) in [6.45, 7) is 0. The molecule has 0 bridgehead atoms. The molecule has 0 radical (unpaired) electrons. The molecule has 1 aromatic carbocycles. The first-order chi connectivity index (χ1) is 7.29. The summed E-state index contributed by atoms with van der Waals surface area (Å²) < 4.78 is 2.10. The maximum Gasteiger partial charge on any atom is 0.160 e. The van der Waals surface area contributed by atoms with Crippen molar-refractivity contribution in [1.29, 1.82) is 0 Å². The van der Waals surface area contributed by atoms with Crippen molar-refractivity contribution in [3.05, 3.63) is 45.7 Å². The van der Waals surface area contributed by atoms with E-state index in [0.717, 1.165) is 19.8 Å². The second-order valence-corrected chi connectivity index (χ2v) is 6.10. The summed E-state index contributed by atoms with van der Waals surface area (Å²) in [5, 5.41) is 0. The molecule has 15 heavy (non-hydrogen) atoms. The first-order valence-electron chi connectivity index (χ1n) is 4.27. The molecule has 0 N–H and O–H groups in total. The molecule has 0 aliphatic heterocycles. The highest BCUT2D eigenvalue weighted by Gasteiger charge is 2.07. The zero-order valence-corrected chi connectivity index (χ0v) is 10.9. The molecule has 2 aromatic rings. The van der Waals surface area contributed by atoms with Gasteiger partial charge in [-0.15, -0.1) is 11.3 Å². The average molecular weight is 299 g/mol. The average Bonchev–Trinajstić information content (AvgIpc) is 2.61. The second-order valence-electron chi connectivity index (χ2n) is 2.82. The molecular formula is C11H7BrOS2. The summed E-state index contributed by atoms with van der Waals surface area (Å²) in [6, 6.07) is 12.0. The third kappa shape index (κ3) is 2.71. The number of rotatable bonds is 3. The monoisotopic (exact) mass is 298 g/mol. The van der Waals surface area contributed by atoms with Gasteiger partial charge in [-0.25, -0.2) is 0 Å². The second kappa shape index (κ2) is 4.96. The summed E-state index contributed by atoms with van der Waals surface area (Å²) in [5.74, 6) is 0. The smallest absolute Gasteiger partial charge is 0.160 e. The number of aldehydes is 1. The van der Waals surface area contributed by atoms with Crippen LogP contribution in [0.4, 0.5) is 0 Å². The van der Waals surface area contributed by atoms with Gasteiger partial charge < -0.3 is 0 Å². The molecule has 1 nitrogen and oxygen atoms in total. The lowest BCUT2D eigenvalue weighted by Gasteiger charge is -1.97. The van der Waals surface area contributed by atoms with Gasteiger partial charge in [0.2, 0.25) is 0 Å². The van der Waals surface area contributed by atoms with Crippen LogP contribution in [0.1, 0.15) is 9.67 Å². The van der Waals surface area contributed by atoms with Gasteiger partial charge in [0.25, 0.3) is 0 Å². The predicted molar refractivity (Wildman–Crippen MR) is 68.0 cm³/mol. The highest BCUT2D eigenvalue weighted by molar-refractivity contribution is 9.10. The van der Waals surface area contributed by atoms with Crippen molar-refractivity contribution in [2.75, 3.05) is 0 Å². The van der Waals surface area contributed by atoms with Crippen molar-refractivity contribution in [1.82, 2.24) is 0 Å². The summed E-state index contributed by atoms with van der Waals surface area (Å²) in [6.07, 6.45) is 0.879. The van der Waals surface area contributed by atoms with Crippen molar-refractivity contribution in [2.45, 2.75) is 9.10 Å². The molecule has 0 aliphatic rings. The lowest BCUT2D eigenvalue weighted by atomic mass is 10.4. The Labute approximate surface area is 105 Å². The number of carbonyl (C=O) groups is 1. The Balaban J connectivity index is 2.24. The Bertz CT molecular complexity index is 465. The van der Waals surface area contributed by atoms with Crippen LogP contribution in [-0.2, 0) is 0 Å². The van der Waals surface area contributed by atoms with Crippen molar-refractivity contribution < 1.29 is 4.79 Å². The molecule has 76 valence electrons. The predicted octanol–water partition coefficient (Wildman–Crippen LogP) is 4.47. The Morgan fingerprint density at radius 1 is 1.27 bits per heavy atom. The molecule has 0 unspecified atom stereocenters. The first kappa shape index (κ1) is 10.9. The van der Waals surface area contributed by atoms with E-state index in [-0.39, 0.29) is 0 Å². The van der Waals surface area contributed by atoms with Gasteiger partial charge in [-0.1, -0.05) is 30.0 Å². The third-order valence-electron chi connectivity index (χ3n) is 1.74. The van der Waals surface area contributed by atoms with Gasteiger partial charge in [-0.2, -0.15) is 0 Å². The van der Waals surface area contributed by atoms with Crippen LogP contribution in [0.3, 0.4) is 0 Å². The van der Waals surface area contributed by atoms with E-state index in [2.05, 4.69) is 28.1 Å². The van der Waals surface area contributed by atoms with Crippen LogP contribution in [0.15, 0.2) is 50.0 Å². The van der Waals surface area contributed by atoms with Crippen LogP contribution < -0.4 is 0 Å². The minimum absolute atomic E-state index is 0.750. The summed E-state index contributed by atoms with van der Waals surface area (Å²) in [7, 11) is 0. The minimum atomic E-state index is 0.750. The zero-order chi connectivity index (χ0) is 10.7. The molecule has 0 saturated heterocycles. The highest BCUT2D eigenvalue weighted by atomic mass is 79.9. The van der Waals surface area contributed by atoms with Crippen molar-refractivity contribution in [3.8, 4) is 0 Å². The number of hydrogen-bond acceptors (Lipinski definition) is 3. The van der Waals surface area contributed by atoms with Crippen LogP contribution in [0.5, 0.6) is 0 Å². The van der Waals surface area contributed by atoms with Gasteiger partial charge in [0.15, 0.2) is 6.29 Å². The minimum Gasteiger partial charge on any atom is -0.297 e. The molecule has 0 saturated carbocycles. The number of thiophene rings is 1. The fourth-order valence-electron chi connectivity index (χ4n) is 1.09. The molecule has 0 aliphatic carbocycles. The van der Waals surface area contributed by atoms with Gasteiger partial charge >= 0.3 is 0 Å². The zero-order valence-electron chi connectivity index (χ0n) is 7.64. The standard InChI is InChI=1S/C11H7BrOS2/c12-10-6-9(7-13)15-11(10)14-8-4-2-1-3-5-8/h1-7H. The van der Waals surface area contributed by atoms with Crippen LogP contribution in [0.25, 0.3) is 0 Å². The van der Waals surface area contributed by atoms with E-state index in [1.165, 1.54) is 16.2 Å². The van der Waals surface area contributed by atoms with Crippen molar-refractivity contribution in [2.24, 2.45) is 0 Å². The quantitative estimate of drug-likeness (QED) is 0.778. The van der Waals surface area contributed by atoms with Crippen molar-refractivity contribution >= 4 is 45.3 Å². The molecule has 4 heteroatoms. The van der Waals surface area contributed by atoms with E-state index in [0.29, 0.717) is 0 Å². The molecule has 1 aromatic heterocycles. The van der Waals surface area contributed by atoms with E-state index < -0.39 is 0 Å². The maximum atomic E-state index is 10.6. The molecular weight excluding hydrogens is 292 g/mol. The topological polar surface area (TPSA) is 17.1 Å². The fraction of sp³-hybridized carbons (Fsp3) is 0. The SMILES string of the molecule is O=Cc1cc(Br)c(Sc2ccccc2)s1. The molecule has 0 atom stereocenters. The van der Waals surface area contributed by atoms with Crippen molar-refractivity contribution in [3.63, 3.8) is 0 Å². The Kier molecular flexibility index (Phi) is 3.61. The third-order valence-corrected chi connectivity index (χ3v) is 5.16. The Hall–Kier alpha value is -0.580. The van der Waals surface area contributed by atoms with E-state index >= 15 is 0 Å². The summed E-state index contributed by atoms with van der Waals surface area (Å²) >= 11 is 6.61. The summed E-state index contributed by atoms with van der Waals surface area (Å²) in [4.78, 5) is 12.5. The van der Waals surface area contributed by atoms with Crippen LogP contribution in [0.2, 0.25) is 0 Å². The van der Waals surface area contributed by atoms with Crippen LogP contribution in [-0.4, -0.2) is 6.29 Å². The lowest BCUT2D eigenvalue weighted by molar-refractivity contribution is 0.112. The van der Waals surface area contributed by atoms with E-state index in [9.17, 15) is 4.79 Å². The Morgan fingerprint density at radius 2 is 2.00 bits per heavy atom. The molecule has 0 amide bonds. The van der Waals surface area contributed by atoms with Gasteiger partial charge in [0, 0.05) is 9.37 Å². The first-order valence-corrected chi connectivity index (χ1v) is 6.69. The van der Waals surface area contributed by atoms with Gasteiger partial charge in [0.1, 0.15) is 0 Å². The summed E-state index contributed by atoms with van der Waals surface area (Å²) in [5.41, 5.74) is 0. The normalized spacial score (nSPS) is 10.2. The maximum absolute atomic E-state index is 10.6. The molecule has 0 fully saturated rings. The van der Waals surface area contributed by atoms with Gasteiger partial charge in [-0.3, -0.25) is 4.79 Å².